The topological polar surface area (TPSA) is 69.7 Å². The SMILES string of the molecule is CN(C)CCc1c[nH]c2ccc(/C=N/NC(=O)OCc3ccccc3)cc12. The molecule has 3 aromatic rings. The number of fused-ring (bicyclic) bond motifs is 1. The summed E-state index contributed by atoms with van der Waals surface area (Å²) in [5.74, 6) is 0. The fourth-order valence-corrected chi connectivity index (χ4v) is 2.74. The van der Waals surface area contributed by atoms with Crippen LogP contribution in [0.15, 0.2) is 59.8 Å². The van der Waals surface area contributed by atoms with Gasteiger partial charge in [-0.25, -0.2) is 10.2 Å². The molecule has 2 aromatic carbocycles. The summed E-state index contributed by atoms with van der Waals surface area (Å²) >= 11 is 0. The minimum atomic E-state index is -0.579. The Kier molecular flexibility index (Phi) is 6.22. The van der Waals surface area contributed by atoms with Gasteiger partial charge in [-0.05, 0) is 49.3 Å². The molecule has 27 heavy (non-hydrogen) atoms. The van der Waals surface area contributed by atoms with Gasteiger partial charge in [0.05, 0.1) is 6.21 Å². The van der Waals surface area contributed by atoms with Crippen LogP contribution in [-0.4, -0.2) is 42.8 Å². The average Bonchev–Trinajstić information content (AvgIpc) is 3.08. The van der Waals surface area contributed by atoms with Gasteiger partial charge in [-0.15, -0.1) is 0 Å². The lowest BCUT2D eigenvalue weighted by atomic mass is 10.1. The Morgan fingerprint density at radius 3 is 2.81 bits per heavy atom. The van der Waals surface area contributed by atoms with Crippen molar-refractivity contribution in [3.8, 4) is 0 Å². The number of benzene rings is 2. The minimum Gasteiger partial charge on any atom is -0.443 e. The van der Waals surface area contributed by atoms with Gasteiger partial charge >= 0.3 is 6.09 Å². The number of rotatable bonds is 7. The molecule has 0 fully saturated rings. The summed E-state index contributed by atoms with van der Waals surface area (Å²) in [6, 6.07) is 15.6. The molecule has 0 spiro atoms. The number of nitrogens with one attached hydrogen (secondary N) is 2. The first-order valence-corrected chi connectivity index (χ1v) is 8.86. The van der Waals surface area contributed by atoms with E-state index in [2.05, 4.69) is 40.6 Å². The summed E-state index contributed by atoms with van der Waals surface area (Å²) in [4.78, 5) is 17.2. The van der Waals surface area contributed by atoms with Crippen molar-refractivity contribution in [2.45, 2.75) is 13.0 Å². The number of likely N-dealkylation sites (N-methyl/N-ethyl adjacent to an activating group) is 1. The summed E-state index contributed by atoms with van der Waals surface area (Å²) in [7, 11) is 4.13. The molecule has 0 unspecified atom stereocenters. The van der Waals surface area contributed by atoms with Crippen molar-refractivity contribution in [2.75, 3.05) is 20.6 Å². The number of hydrogen-bond acceptors (Lipinski definition) is 4. The van der Waals surface area contributed by atoms with Crippen molar-refractivity contribution in [1.29, 1.82) is 0 Å². The van der Waals surface area contributed by atoms with Gasteiger partial charge < -0.3 is 14.6 Å². The fourth-order valence-electron chi connectivity index (χ4n) is 2.74. The lowest BCUT2D eigenvalue weighted by molar-refractivity contribution is 0.140. The van der Waals surface area contributed by atoms with Crippen LogP contribution in [-0.2, 0) is 17.8 Å². The van der Waals surface area contributed by atoms with Crippen LogP contribution in [0.25, 0.3) is 10.9 Å². The molecular formula is C21H24N4O2. The molecule has 1 aromatic heterocycles. The zero-order chi connectivity index (χ0) is 19.1. The molecule has 1 heterocycles. The number of hydrazone groups is 1. The second-order valence-electron chi connectivity index (χ2n) is 6.60. The number of hydrogen-bond donors (Lipinski definition) is 2. The van der Waals surface area contributed by atoms with Crippen LogP contribution in [0.2, 0.25) is 0 Å². The summed E-state index contributed by atoms with van der Waals surface area (Å²) in [5.41, 5.74) is 6.60. The molecule has 3 rings (SSSR count). The normalized spacial score (nSPS) is 11.4. The van der Waals surface area contributed by atoms with Crippen molar-refractivity contribution >= 4 is 23.2 Å². The highest BCUT2D eigenvalue weighted by molar-refractivity contribution is 5.91. The summed E-state index contributed by atoms with van der Waals surface area (Å²) in [6.45, 7) is 1.20. The maximum absolute atomic E-state index is 11.7. The highest BCUT2D eigenvalue weighted by Crippen LogP contribution is 2.20. The largest absolute Gasteiger partial charge is 0.443 e. The van der Waals surface area contributed by atoms with Crippen LogP contribution >= 0.6 is 0 Å². The van der Waals surface area contributed by atoms with E-state index in [-0.39, 0.29) is 6.61 Å². The van der Waals surface area contributed by atoms with Crippen LogP contribution < -0.4 is 5.43 Å². The van der Waals surface area contributed by atoms with Crippen LogP contribution in [0, 0.1) is 0 Å². The minimum absolute atomic E-state index is 0.215. The Morgan fingerprint density at radius 1 is 1.22 bits per heavy atom. The summed E-state index contributed by atoms with van der Waals surface area (Å²) in [6.07, 6.45) is 4.06. The number of H-pyrrole nitrogens is 1. The zero-order valence-electron chi connectivity index (χ0n) is 15.6. The fraction of sp³-hybridized carbons (Fsp3) is 0.238. The number of ether oxygens (including phenoxy) is 1. The van der Waals surface area contributed by atoms with Gasteiger partial charge in [0.25, 0.3) is 0 Å². The first-order valence-electron chi connectivity index (χ1n) is 8.86. The van der Waals surface area contributed by atoms with E-state index in [0.29, 0.717) is 0 Å². The Balaban J connectivity index is 1.57. The third kappa shape index (κ3) is 5.43. The molecule has 140 valence electrons. The number of amides is 1. The smallest absolute Gasteiger partial charge is 0.428 e. The second-order valence-corrected chi connectivity index (χ2v) is 6.60. The van der Waals surface area contributed by atoms with Crippen molar-refractivity contribution in [3.05, 3.63) is 71.4 Å². The predicted molar refractivity (Wildman–Crippen MR) is 108 cm³/mol. The van der Waals surface area contributed by atoms with Crippen LogP contribution in [0.5, 0.6) is 0 Å². The van der Waals surface area contributed by atoms with Crippen LogP contribution in [0.3, 0.4) is 0 Å². The Morgan fingerprint density at radius 2 is 2.04 bits per heavy atom. The molecule has 0 atom stereocenters. The van der Waals surface area contributed by atoms with E-state index in [0.717, 1.165) is 29.6 Å². The van der Waals surface area contributed by atoms with Crippen molar-refractivity contribution in [3.63, 3.8) is 0 Å². The van der Waals surface area contributed by atoms with Gasteiger partial charge in [0.2, 0.25) is 0 Å². The molecule has 0 radical (unpaired) electrons. The average molecular weight is 364 g/mol. The summed E-state index contributed by atoms with van der Waals surface area (Å²) in [5, 5.41) is 5.15. The Bertz CT molecular complexity index is 916. The number of carbonyl (C=O) groups excluding carboxylic acids is 1. The van der Waals surface area contributed by atoms with Gasteiger partial charge in [-0.1, -0.05) is 36.4 Å². The molecule has 1 amide bonds. The van der Waals surface area contributed by atoms with Crippen molar-refractivity contribution in [1.82, 2.24) is 15.3 Å². The lowest BCUT2D eigenvalue weighted by Gasteiger charge is -2.08. The van der Waals surface area contributed by atoms with Gasteiger partial charge in [-0.2, -0.15) is 5.10 Å². The summed E-state index contributed by atoms with van der Waals surface area (Å²) < 4.78 is 5.12. The third-order valence-corrected chi connectivity index (χ3v) is 4.20. The molecular weight excluding hydrogens is 340 g/mol. The molecule has 6 heteroatoms. The van der Waals surface area contributed by atoms with Gasteiger partial charge in [0.15, 0.2) is 0 Å². The standard InChI is InChI=1S/C21H24N4O2/c1-25(2)11-10-18-14-22-20-9-8-17(12-19(18)20)13-23-24-21(26)27-15-16-6-4-3-5-7-16/h3-9,12-14,22H,10-11,15H2,1-2H3,(H,24,26)/b23-13+. The van der Waals surface area contributed by atoms with E-state index in [1.54, 1.807) is 6.21 Å². The molecule has 0 aliphatic heterocycles. The highest BCUT2D eigenvalue weighted by Gasteiger charge is 2.05. The predicted octanol–water partition coefficient (Wildman–Crippen LogP) is 3.53. The second kappa shape index (κ2) is 9.00. The van der Waals surface area contributed by atoms with E-state index in [1.807, 2.05) is 48.7 Å². The monoisotopic (exact) mass is 364 g/mol. The molecule has 0 saturated carbocycles. The van der Waals surface area contributed by atoms with Gasteiger partial charge in [0.1, 0.15) is 6.61 Å². The van der Waals surface area contributed by atoms with E-state index in [1.165, 1.54) is 10.9 Å². The quantitative estimate of drug-likeness (QED) is 0.498. The van der Waals surface area contributed by atoms with Gasteiger partial charge in [-0.3, -0.25) is 0 Å². The maximum Gasteiger partial charge on any atom is 0.428 e. The van der Waals surface area contributed by atoms with E-state index < -0.39 is 6.09 Å². The molecule has 0 bridgehead atoms. The van der Waals surface area contributed by atoms with E-state index >= 15 is 0 Å². The van der Waals surface area contributed by atoms with Crippen LogP contribution in [0.4, 0.5) is 4.79 Å². The van der Waals surface area contributed by atoms with Crippen LogP contribution in [0.1, 0.15) is 16.7 Å². The van der Waals surface area contributed by atoms with Crippen molar-refractivity contribution < 1.29 is 9.53 Å². The lowest BCUT2D eigenvalue weighted by Crippen LogP contribution is -2.18. The first-order chi connectivity index (χ1) is 13.1. The van der Waals surface area contributed by atoms with E-state index in [4.69, 9.17) is 4.74 Å². The van der Waals surface area contributed by atoms with Gasteiger partial charge in [0, 0.05) is 23.6 Å². The van der Waals surface area contributed by atoms with E-state index in [9.17, 15) is 4.79 Å². The third-order valence-electron chi connectivity index (χ3n) is 4.20. The number of carbonyl (C=O) groups is 1. The number of aromatic amines is 1. The molecule has 0 aliphatic rings. The Labute approximate surface area is 158 Å². The van der Waals surface area contributed by atoms with Crippen molar-refractivity contribution in [2.24, 2.45) is 5.10 Å². The maximum atomic E-state index is 11.7. The first kappa shape index (κ1) is 18.7. The number of aromatic nitrogens is 1. The molecule has 0 saturated heterocycles. The molecule has 0 aliphatic carbocycles. The Hall–Kier alpha value is -3.12. The zero-order valence-corrected chi connectivity index (χ0v) is 15.6. The highest BCUT2D eigenvalue weighted by atomic mass is 16.5. The number of nitrogens with zero attached hydrogens (tertiary/aromatic N) is 2. The molecule has 6 nitrogen and oxygen atoms in total. The molecule has 2 N–H and O–H groups in total.